The minimum Gasteiger partial charge on any atom is -0.353 e. The number of hydrogen-bond acceptors (Lipinski definition) is 5. The van der Waals surface area contributed by atoms with Gasteiger partial charge in [0.2, 0.25) is 11.9 Å². The largest absolute Gasteiger partial charge is 0.353 e. The molecular formula is C21H22N4O2S. The van der Waals surface area contributed by atoms with Crippen LogP contribution in [-0.2, 0) is 4.79 Å². The molecule has 1 aliphatic carbocycles. The van der Waals surface area contributed by atoms with Crippen LogP contribution in [0.2, 0.25) is 0 Å². The van der Waals surface area contributed by atoms with Crippen molar-refractivity contribution in [3.63, 3.8) is 0 Å². The number of carbonyl (C=O) groups excluding carboxylic acids is 1. The lowest BCUT2D eigenvalue weighted by Crippen LogP contribution is -2.43. The van der Waals surface area contributed by atoms with Crippen LogP contribution in [0.1, 0.15) is 25.7 Å². The van der Waals surface area contributed by atoms with Crippen molar-refractivity contribution in [1.82, 2.24) is 14.9 Å². The van der Waals surface area contributed by atoms with Crippen LogP contribution in [0.4, 0.5) is 5.95 Å². The van der Waals surface area contributed by atoms with Crippen molar-refractivity contribution in [2.45, 2.75) is 31.7 Å². The molecule has 1 aromatic carbocycles. The molecule has 2 aromatic heterocycles. The van der Waals surface area contributed by atoms with Crippen LogP contribution in [0.5, 0.6) is 0 Å². The summed E-state index contributed by atoms with van der Waals surface area (Å²) in [5.41, 5.74) is 1.53. The number of amides is 1. The minimum absolute atomic E-state index is 0.0326. The molecule has 2 fully saturated rings. The predicted octanol–water partition coefficient (Wildman–Crippen LogP) is 2.94. The van der Waals surface area contributed by atoms with Crippen LogP contribution < -0.4 is 15.8 Å². The van der Waals surface area contributed by atoms with Gasteiger partial charge in [0.25, 0.3) is 5.56 Å². The standard InChI is InChI=1S/C21H22N4O2S/c26-19(22-15-6-7-15)14-8-11-24(12-9-14)21-23-17-10-13-28-18(17)20(27)25(21)16-4-2-1-3-5-16/h1-5,10,13-15H,6-9,11-12H2,(H,22,26). The highest BCUT2D eigenvalue weighted by Gasteiger charge is 2.31. The summed E-state index contributed by atoms with van der Waals surface area (Å²) in [6.07, 6.45) is 3.78. The fourth-order valence-electron chi connectivity index (χ4n) is 3.81. The van der Waals surface area contributed by atoms with Crippen molar-refractivity contribution in [1.29, 1.82) is 0 Å². The molecule has 7 heteroatoms. The van der Waals surface area contributed by atoms with Gasteiger partial charge in [-0.1, -0.05) is 18.2 Å². The Balaban J connectivity index is 1.47. The summed E-state index contributed by atoms with van der Waals surface area (Å²) < 4.78 is 2.38. The van der Waals surface area contributed by atoms with E-state index in [2.05, 4.69) is 10.2 Å². The number of para-hydroxylation sites is 1. The van der Waals surface area contributed by atoms with Crippen LogP contribution in [0, 0.1) is 5.92 Å². The van der Waals surface area contributed by atoms with E-state index in [0.717, 1.165) is 50.0 Å². The van der Waals surface area contributed by atoms with E-state index in [4.69, 9.17) is 4.98 Å². The Morgan fingerprint density at radius 2 is 1.82 bits per heavy atom. The predicted molar refractivity (Wildman–Crippen MR) is 111 cm³/mol. The third kappa shape index (κ3) is 3.20. The molecule has 1 saturated heterocycles. The number of carbonyl (C=O) groups is 1. The molecule has 2 aliphatic rings. The van der Waals surface area contributed by atoms with Crippen LogP contribution in [0.25, 0.3) is 15.9 Å². The second-order valence-corrected chi connectivity index (χ2v) is 8.48. The molecular weight excluding hydrogens is 372 g/mol. The van der Waals surface area contributed by atoms with Gasteiger partial charge in [0.05, 0.1) is 11.2 Å². The van der Waals surface area contributed by atoms with E-state index >= 15 is 0 Å². The maximum atomic E-state index is 13.2. The molecule has 3 heterocycles. The van der Waals surface area contributed by atoms with E-state index in [1.165, 1.54) is 11.3 Å². The molecule has 28 heavy (non-hydrogen) atoms. The number of piperidine rings is 1. The summed E-state index contributed by atoms with van der Waals surface area (Å²) in [6.45, 7) is 1.44. The molecule has 0 unspecified atom stereocenters. The lowest BCUT2D eigenvalue weighted by Gasteiger charge is -2.33. The number of nitrogens with one attached hydrogen (secondary N) is 1. The Hall–Kier alpha value is -2.67. The molecule has 0 spiro atoms. The second kappa shape index (κ2) is 7.05. The van der Waals surface area contributed by atoms with Gasteiger partial charge in [0.1, 0.15) is 4.70 Å². The fourth-order valence-corrected chi connectivity index (χ4v) is 4.57. The summed E-state index contributed by atoms with van der Waals surface area (Å²) in [7, 11) is 0. The number of hydrogen-bond donors (Lipinski definition) is 1. The zero-order valence-electron chi connectivity index (χ0n) is 15.5. The minimum atomic E-state index is -0.0326. The smallest absolute Gasteiger partial charge is 0.277 e. The van der Waals surface area contributed by atoms with Gasteiger partial charge in [0.15, 0.2) is 0 Å². The first-order valence-electron chi connectivity index (χ1n) is 9.82. The first kappa shape index (κ1) is 17.4. The van der Waals surface area contributed by atoms with Gasteiger partial charge >= 0.3 is 0 Å². The van der Waals surface area contributed by atoms with E-state index < -0.39 is 0 Å². The summed E-state index contributed by atoms with van der Waals surface area (Å²) in [5.74, 6) is 0.908. The highest BCUT2D eigenvalue weighted by molar-refractivity contribution is 7.17. The van der Waals surface area contributed by atoms with Crippen LogP contribution in [0.15, 0.2) is 46.6 Å². The highest BCUT2D eigenvalue weighted by Crippen LogP contribution is 2.27. The molecule has 0 bridgehead atoms. The molecule has 1 amide bonds. The van der Waals surface area contributed by atoms with Crippen molar-refractivity contribution in [2.24, 2.45) is 5.92 Å². The van der Waals surface area contributed by atoms with Gasteiger partial charge < -0.3 is 10.2 Å². The number of nitrogens with zero attached hydrogens (tertiary/aromatic N) is 3. The summed E-state index contributed by atoms with van der Waals surface area (Å²) in [5, 5.41) is 5.03. The number of thiophene rings is 1. The molecule has 1 aliphatic heterocycles. The van der Waals surface area contributed by atoms with Gasteiger partial charge in [-0.05, 0) is 49.3 Å². The van der Waals surface area contributed by atoms with E-state index in [-0.39, 0.29) is 17.4 Å². The van der Waals surface area contributed by atoms with E-state index in [0.29, 0.717) is 16.7 Å². The van der Waals surface area contributed by atoms with Gasteiger partial charge in [-0.15, -0.1) is 11.3 Å². The third-order valence-electron chi connectivity index (χ3n) is 5.55. The Kier molecular flexibility index (Phi) is 4.39. The number of anilines is 1. The van der Waals surface area contributed by atoms with Crippen LogP contribution >= 0.6 is 11.3 Å². The molecule has 0 atom stereocenters. The van der Waals surface area contributed by atoms with Crippen molar-refractivity contribution in [3.8, 4) is 5.69 Å². The van der Waals surface area contributed by atoms with Gasteiger partial charge in [-0.3, -0.25) is 9.59 Å². The Labute approximate surface area is 166 Å². The van der Waals surface area contributed by atoms with E-state index in [1.54, 1.807) is 4.57 Å². The maximum absolute atomic E-state index is 13.2. The quantitative estimate of drug-likeness (QED) is 0.739. The zero-order chi connectivity index (χ0) is 19.1. The average molecular weight is 395 g/mol. The lowest BCUT2D eigenvalue weighted by molar-refractivity contribution is -0.125. The fraction of sp³-hybridized carbons (Fsp3) is 0.381. The highest BCUT2D eigenvalue weighted by atomic mass is 32.1. The van der Waals surface area contributed by atoms with E-state index in [9.17, 15) is 9.59 Å². The number of fused-ring (bicyclic) bond motifs is 1. The SMILES string of the molecule is O=C(NC1CC1)C1CCN(c2nc3ccsc3c(=O)n2-c2ccccc2)CC1. The molecule has 5 rings (SSSR count). The molecule has 3 aromatic rings. The molecule has 1 N–H and O–H groups in total. The molecule has 1 saturated carbocycles. The van der Waals surface area contributed by atoms with Crippen molar-refractivity contribution in [2.75, 3.05) is 18.0 Å². The summed E-state index contributed by atoms with van der Waals surface area (Å²) in [6, 6.07) is 12.0. The first-order chi connectivity index (χ1) is 13.7. The Morgan fingerprint density at radius 1 is 1.07 bits per heavy atom. The Morgan fingerprint density at radius 3 is 2.54 bits per heavy atom. The number of benzene rings is 1. The van der Waals surface area contributed by atoms with Crippen molar-refractivity contribution < 1.29 is 4.79 Å². The molecule has 0 radical (unpaired) electrons. The average Bonchev–Trinajstić information content (AvgIpc) is 3.41. The lowest BCUT2D eigenvalue weighted by atomic mass is 9.96. The van der Waals surface area contributed by atoms with Gasteiger partial charge in [-0.2, -0.15) is 0 Å². The molecule has 144 valence electrons. The normalized spacial score (nSPS) is 17.8. The molecule has 6 nitrogen and oxygen atoms in total. The number of aromatic nitrogens is 2. The van der Waals surface area contributed by atoms with Gasteiger partial charge in [-0.25, -0.2) is 9.55 Å². The van der Waals surface area contributed by atoms with Crippen molar-refractivity contribution >= 4 is 33.4 Å². The second-order valence-electron chi connectivity index (χ2n) is 7.57. The Bertz CT molecular complexity index is 1060. The summed E-state index contributed by atoms with van der Waals surface area (Å²) in [4.78, 5) is 32.5. The maximum Gasteiger partial charge on any atom is 0.277 e. The topological polar surface area (TPSA) is 67.2 Å². The zero-order valence-corrected chi connectivity index (χ0v) is 16.3. The first-order valence-corrected chi connectivity index (χ1v) is 10.7. The number of rotatable bonds is 4. The van der Waals surface area contributed by atoms with Gasteiger partial charge in [0, 0.05) is 25.0 Å². The van der Waals surface area contributed by atoms with Crippen LogP contribution in [-0.4, -0.2) is 34.6 Å². The summed E-state index contributed by atoms with van der Waals surface area (Å²) >= 11 is 1.43. The van der Waals surface area contributed by atoms with E-state index in [1.807, 2.05) is 41.8 Å². The monoisotopic (exact) mass is 394 g/mol. The third-order valence-corrected chi connectivity index (χ3v) is 6.44. The van der Waals surface area contributed by atoms with Crippen LogP contribution in [0.3, 0.4) is 0 Å². The van der Waals surface area contributed by atoms with Crippen molar-refractivity contribution in [3.05, 3.63) is 52.1 Å².